The summed E-state index contributed by atoms with van der Waals surface area (Å²) in [5.74, 6) is 2.09. The Balaban J connectivity index is 1.95. The van der Waals surface area contributed by atoms with Gasteiger partial charge in [0.25, 0.3) is 0 Å². The van der Waals surface area contributed by atoms with Gasteiger partial charge >= 0.3 is 0 Å². The summed E-state index contributed by atoms with van der Waals surface area (Å²) >= 11 is 0. The van der Waals surface area contributed by atoms with Crippen LogP contribution in [0.4, 0.5) is 0 Å². The van der Waals surface area contributed by atoms with E-state index in [1.165, 1.54) is 12.8 Å². The zero-order valence-corrected chi connectivity index (χ0v) is 10.0. The molecule has 2 heteroatoms. The lowest BCUT2D eigenvalue weighted by Gasteiger charge is -2.40. The lowest BCUT2D eigenvalue weighted by atomic mass is 9.85. The van der Waals surface area contributed by atoms with Crippen molar-refractivity contribution in [3.63, 3.8) is 0 Å². The Morgan fingerprint density at radius 2 is 1.93 bits per heavy atom. The molecule has 1 aliphatic carbocycles. The number of hydrogen-bond acceptors (Lipinski definition) is 2. The molecule has 2 nitrogen and oxygen atoms in total. The molecule has 0 aromatic heterocycles. The fraction of sp³-hybridized carbons (Fsp3) is 0.923. The molecule has 1 saturated heterocycles. The summed E-state index contributed by atoms with van der Waals surface area (Å²) in [5.41, 5.74) is 0. The summed E-state index contributed by atoms with van der Waals surface area (Å²) in [6, 6.07) is 0.272. The van der Waals surface area contributed by atoms with E-state index in [-0.39, 0.29) is 6.04 Å². The Labute approximate surface area is 93.0 Å². The van der Waals surface area contributed by atoms with Gasteiger partial charge < -0.3 is 0 Å². The molecule has 86 valence electrons. The Bertz CT molecular complexity index is 239. The number of nitrogens with zero attached hydrogens (tertiary/aromatic N) is 1. The molecule has 0 radical (unpaired) electrons. The van der Waals surface area contributed by atoms with Gasteiger partial charge in [0.2, 0.25) is 0 Å². The number of likely N-dealkylation sites (tertiary alicyclic amines) is 1. The number of hydrogen-bond donors (Lipinski definition) is 0. The fourth-order valence-electron chi connectivity index (χ4n) is 2.93. The summed E-state index contributed by atoms with van der Waals surface area (Å²) in [7, 11) is 0. The van der Waals surface area contributed by atoms with E-state index in [0.717, 1.165) is 44.2 Å². The van der Waals surface area contributed by atoms with Crippen molar-refractivity contribution in [1.82, 2.24) is 4.90 Å². The molecule has 0 bridgehead atoms. The lowest BCUT2D eigenvalue weighted by Crippen LogP contribution is -2.49. The predicted molar refractivity (Wildman–Crippen MR) is 61.8 cm³/mol. The normalized spacial score (nSPS) is 39.3. The van der Waals surface area contributed by atoms with Crippen molar-refractivity contribution in [3.8, 4) is 0 Å². The first-order valence-electron chi connectivity index (χ1n) is 6.45. The third-order valence-electron chi connectivity index (χ3n) is 4.33. The van der Waals surface area contributed by atoms with Gasteiger partial charge in [0.15, 0.2) is 0 Å². The highest BCUT2D eigenvalue weighted by Gasteiger charge is 2.32. The summed E-state index contributed by atoms with van der Waals surface area (Å²) < 4.78 is 0. The van der Waals surface area contributed by atoms with Crippen molar-refractivity contribution in [3.05, 3.63) is 0 Å². The maximum atomic E-state index is 11.8. The van der Waals surface area contributed by atoms with Gasteiger partial charge in [0.1, 0.15) is 5.78 Å². The monoisotopic (exact) mass is 209 g/mol. The number of ketones is 1. The van der Waals surface area contributed by atoms with Crippen molar-refractivity contribution >= 4 is 5.78 Å². The molecule has 1 saturated carbocycles. The summed E-state index contributed by atoms with van der Waals surface area (Å²) in [6.45, 7) is 6.94. The second-order valence-electron chi connectivity index (χ2n) is 5.47. The molecule has 1 heterocycles. The van der Waals surface area contributed by atoms with Gasteiger partial charge in [-0.15, -0.1) is 0 Å². The quantitative estimate of drug-likeness (QED) is 0.661. The van der Waals surface area contributed by atoms with Crippen LogP contribution in [-0.4, -0.2) is 29.8 Å². The highest BCUT2D eigenvalue weighted by atomic mass is 16.1. The van der Waals surface area contributed by atoms with Gasteiger partial charge in [-0.1, -0.05) is 20.3 Å². The highest BCUT2D eigenvalue weighted by molar-refractivity contribution is 5.84. The van der Waals surface area contributed by atoms with Crippen molar-refractivity contribution in [1.29, 1.82) is 0 Å². The topological polar surface area (TPSA) is 20.3 Å². The molecule has 0 spiro atoms. The Hall–Kier alpha value is -0.370. The smallest absolute Gasteiger partial charge is 0.149 e. The molecular formula is C13H23NO. The van der Waals surface area contributed by atoms with Crippen LogP contribution in [0, 0.1) is 11.8 Å². The average molecular weight is 209 g/mol. The summed E-state index contributed by atoms with van der Waals surface area (Å²) in [6.07, 6.45) is 5.57. The third-order valence-corrected chi connectivity index (χ3v) is 4.33. The van der Waals surface area contributed by atoms with Crippen LogP contribution in [0.15, 0.2) is 0 Å². The molecule has 2 rings (SSSR count). The van der Waals surface area contributed by atoms with Crippen LogP contribution < -0.4 is 0 Å². The fourth-order valence-corrected chi connectivity index (χ4v) is 2.93. The molecule has 15 heavy (non-hydrogen) atoms. The van der Waals surface area contributed by atoms with Crippen LogP contribution in [0.25, 0.3) is 0 Å². The molecule has 1 aliphatic heterocycles. The number of rotatable bonds is 1. The minimum atomic E-state index is 0.272. The average Bonchev–Trinajstić information content (AvgIpc) is 2.23. The summed E-state index contributed by atoms with van der Waals surface area (Å²) in [4.78, 5) is 14.3. The number of carbonyl (C=O) groups is 1. The maximum Gasteiger partial charge on any atom is 0.149 e. The van der Waals surface area contributed by atoms with Gasteiger partial charge in [-0.25, -0.2) is 0 Å². The number of carbonyl (C=O) groups excluding carboxylic acids is 1. The van der Waals surface area contributed by atoms with E-state index in [1.54, 1.807) is 0 Å². The lowest BCUT2D eigenvalue weighted by molar-refractivity contribution is -0.127. The Morgan fingerprint density at radius 1 is 1.13 bits per heavy atom. The zero-order valence-electron chi connectivity index (χ0n) is 10.0. The predicted octanol–water partition coefficient (Wildman–Crippen LogP) is 2.48. The molecule has 0 N–H and O–H groups in total. The largest absolute Gasteiger partial charge is 0.298 e. The van der Waals surface area contributed by atoms with Crippen LogP contribution in [-0.2, 0) is 4.79 Å². The minimum absolute atomic E-state index is 0.272. The Morgan fingerprint density at radius 3 is 2.60 bits per heavy atom. The van der Waals surface area contributed by atoms with Crippen LogP contribution >= 0.6 is 0 Å². The van der Waals surface area contributed by atoms with E-state index in [1.807, 2.05) is 0 Å². The molecule has 3 atom stereocenters. The molecule has 2 aliphatic rings. The second-order valence-corrected chi connectivity index (χ2v) is 5.47. The van der Waals surface area contributed by atoms with Crippen molar-refractivity contribution in [2.75, 3.05) is 13.1 Å². The first-order valence-corrected chi connectivity index (χ1v) is 6.45. The zero-order chi connectivity index (χ0) is 10.8. The van der Waals surface area contributed by atoms with Crippen LogP contribution in [0.2, 0.25) is 0 Å². The maximum absolute atomic E-state index is 11.8. The van der Waals surface area contributed by atoms with Gasteiger partial charge in [0, 0.05) is 13.0 Å². The standard InChI is InChI=1S/C13H23NO/c1-10-7-8-14(9-11(10)2)12-5-3-4-6-13(12)15/h10-12H,3-9H2,1-2H3. The molecule has 0 aromatic rings. The first kappa shape index (κ1) is 11.1. The minimum Gasteiger partial charge on any atom is -0.298 e. The summed E-state index contributed by atoms with van der Waals surface area (Å²) in [5, 5.41) is 0. The van der Waals surface area contributed by atoms with E-state index in [9.17, 15) is 4.79 Å². The molecule has 2 fully saturated rings. The van der Waals surface area contributed by atoms with E-state index in [2.05, 4.69) is 18.7 Å². The van der Waals surface area contributed by atoms with Crippen molar-refractivity contribution in [2.24, 2.45) is 11.8 Å². The van der Waals surface area contributed by atoms with E-state index in [0.29, 0.717) is 5.78 Å². The third kappa shape index (κ3) is 2.41. The van der Waals surface area contributed by atoms with Crippen molar-refractivity contribution < 1.29 is 4.79 Å². The highest BCUT2D eigenvalue weighted by Crippen LogP contribution is 2.27. The SMILES string of the molecule is CC1CCN(C2CCCCC2=O)CC1C. The molecule has 0 aromatic carbocycles. The second kappa shape index (κ2) is 4.65. The van der Waals surface area contributed by atoms with E-state index < -0.39 is 0 Å². The molecular weight excluding hydrogens is 186 g/mol. The van der Waals surface area contributed by atoms with E-state index in [4.69, 9.17) is 0 Å². The van der Waals surface area contributed by atoms with Crippen LogP contribution in [0.1, 0.15) is 46.0 Å². The van der Waals surface area contributed by atoms with Crippen LogP contribution in [0.5, 0.6) is 0 Å². The number of Topliss-reactive ketones (excluding diaryl/α,β-unsaturated/α-hetero) is 1. The van der Waals surface area contributed by atoms with Crippen LogP contribution in [0.3, 0.4) is 0 Å². The Kier molecular flexibility index (Phi) is 3.45. The van der Waals surface area contributed by atoms with Gasteiger partial charge in [-0.3, -0.25) is 9.69 Å². The molecule has 3 unspecified atom stereocenters. The first-order chi connectivity index (χ1) is 7.18. The van der Waals surface area contributed by atoms with Crippen molar-refractivity contribution in [2.45, 2.75) is 52.0 Å². The van der Waals surface area contributed by atoms with E-state index >= 15 is 0 Å². The molecule has 0 amide bonds. The van der Waals surface area contributed by atoms with Gasteiger partial charge in [0.05, 0.1) is 6.04 Å². The van der Waals surface area contributed by atoms with Gasteiger partial charge in [-0.05, 0) is 37.6 Å². The number of piperidine rings is 1. The van der Waals surface area contributed by atoms with Gasteiger partial charge in [-0.2, -0.15) is 0 Å².